The fourth-order valence-electron chi connectivity index (χ4n) is 2.51. The number of aromatic nitrogens is 4. The smallest absolute Gasteiger partial charge is 0.263 e. The highest BCUT2D eigenvalue weighted by atomic mass is 32.1. The first-order valence-electron chi connectivity index (χ1n) is 7.53. The Morgan fingerprint density at radius 2 is 2.04 bits per heavy atom. The van der Waals surface area contributed by atoms with Crippen LogP contribution in [-0.2, 0) is 6.54 Å². The number of nitrogens with zero attached hydrogens (tertiary/aromatic N) is 3. The molecule has 0 aliphatic carbocycles. The van der Waals surface area contributed by atoms with Gasteiger partial charge in [0, 0.05) is 9.75 Å². The van der Waals surface area contributed by atoms with Crippen LogP contribution in [0.25, 0.3) is 16.7 Å². The fraction of sp³-hybridized carbons (Fsp3) is 0.118. The summed E-state index contributed by atoms with van der Waals surface area (Å²) in [4.78, 5) is 22.0. The van der Waals surface area contributed by atoms with Crippen molar-refractivity contribution in [2.24, 2.45) is 0 Å². The van der Waals surface area contributed by atoms with E-state index in [1.54, 1.807) is 22.2 Å². The van der Waals surface area contributed by atoms with Crippen molar-refractivity contribution < 1.29 is 0 Å². The maximum atomic E-state index is 12.3. The summed E-state index contributed by atoms with van der Waals surface area (Å²) in [5.74, 6) is 0.441. The highest BCUT2D eigenvalue weighted by Crippen LogP contribution is 2.17. The van der Waals surface area contributed by atoms with Crippen molar-refractivity contribution in [2.75, 3.05) is 5.32 Å². The molecule has 0 radical (unpaired) electrons. The minimum Gasteiger partial charge on any atom is -0.351 e. The van der Waals surface area contributed by atoms with E-state index < -0.39 is 0 Å². The average molecular weight is 337 g/mol. The van der Waals surface area contributed by atoms with Crippen LogP contribution in [0, 0.1) is 6.92 Å². The molecule has 0 saturated carbocycles. The van der Waals surface area contributed by atoms with Crippen molar-refractivity contribution in [1.29, 1.82) is 0 Å². The fourth-order valence-corrected chi connectivity index (χ4v) is 3.34. The van der Waals surface area contributed by atoms with Gasteiger partial charge in [0.1, 0.15) is 5.39 Å². The van der Waals surface area contributed by atoms with Gasteiger partial charge in [0.25, 0.3) is 5.56 Å². The lowest BCUT2D eigenvalue weighted by molar-refractivity contribution is 0.894. The molecule has 0 amide bonds. The molecule has 3 heterocycles. The first kappa shape index (κ1) is 14.6. The van der Waals surface area contributed by atoms with Gasteiger partial charge >= 0.3 is 0 Å². The van der Waals surface area contributed by atoms with Gasteiger partial charge in [-0.05, 0) is 31.2 Å². The molecule has 0 aliphatic heterocycles. The minimum absolute atomic E-state index is 0.202. The zero-order valence-corrected chi connectivity index (χ0v) is 13.8. The Labute approximate surface area is 141 Å². The summed E-state index contributed by atoms with van der Waals surface area (Å²) in [5, 5.41) is 7.94. The maximum Gasteiger partial charge on any atom is 0.263 e. The van der Waals surface area contributed by atoms with Gasteiger partial charge < -0.3 is 5.32 Å². The number of anilines is 1. The third kappa shape index (κ3) is 2.69. The number of para-hydroxylation sites is 1. The van der Waals surface area contributed by atoms with E-state index in [0.29, 0.717) is 23.5 Å². The zero-order chi connectivity index (χ0) is 16.5. The maximum absolute atomic E-state index is 12.3. The second-order valence-electron chi connectivity index (χ2n) is 5.41. The van der Waals surface area contributed by atoms with E-state index in [-0.39, 0.29) is 5.56 Å². The van der Waals surface area contributed by atoms with Crippen molar-refractivity contribution >= 4 is 28.3 Å². The summed E-state index contributed by atoms with van der Waals surface area (Å²) >= 11 is 1.72. The van der Waals surface area contributed by atoms with E-state index in [0.717, 1.165) is 5.69 Å². The summed E-state index contributed by atoms with van der Waals surface area (Å²) in [6, 6.07) is 13.8. The minimum atomic E-state index is -0.202. The van der Waals surface area contributed by atoms with E-state index in [4.69, 9.17) is 0 Å². The Kier molecular flexibility index (Phi) is 3.62. The molecule has 0 atom stereocenters. The number of H-pyrrole nitrogens is 1. The monoisotopic (exact) mass is 337 g/mol. The van der Waals surface area contributed by atoms with Crippen LogP contribution in [0.1, 0.15) is 9.75 Å². The second kappa shape index (κ2) is 5.93. The molecule has 7 heteroatoms. The van der Waals surface area contributed by atoms with Gasteiger partial charge in [-0.2, -0.15) is 10.1 Å². The second-order valence-corrected chi connectivity index (χ2v) is 6.78. The molecule has 0 unspecified atom stereocenters. The topological polar surface area (TPSA) is 75.6 Å². The van der Waals surface area contributed by atoms with Gasteiger partial charge in [0.05, 0.1) is 18.4 Å². The third-order valence-electron chi connectivity index (χ3n) is 3.66. The lowest BCUT2D eigenvalue weighted by atomic mass is 10.3. The molecule has 0 fully saturated rings. The summed E-state index contributed by atoms with van der Waals surface area (Å²) in [6.07, 6.45) is 1.54. The number of aryl methyl sites for hydroxylation is 1. The van der Waals surface area contributed by atoms with Crippen LogP contribution in [0.15, 0.2) is 53.5 Å². The van der Waals surface area contributed by atoms with Crippen LogP contribution >= 0.6 is 11.3 Å². The number of nitrogens with one attached hydrogen (secondary N) is 2. The molecule has 2 N–H and O–H groups in total. The third-order valence-corrected chi connectivity index (χ3v) is 4.67. The molecule has 0 bridgehead atoms. The molecule has 3 aromatic heterocycles. The van der Waals surface area contributed by atoms with Crippen LogP contribution < -0.4 is 10.9 Å². The highest BCUT2D eigenvalue weighted by Gasteiger charge is 2.11. The molecule has 4 aromatic rings. The van der Waals surface area contributed by atoms with Crippen LogP contribution in [0.5, 0.6) is 0 Å². The van der Waals surface area contributed by atoms with E-state index in [9.17, 15) is 4.79 Å². The molecular weight excluding hydrogens is 322 g/mol. The molecule has 6 nitrogen and oxygen atoms in total. The molecule has 1 aromatic carbocycles. The van der Waals surface area contributed by atoms with E-state index >= 15 is 0 Å². The Balaban J connectivity index is 1.71. The number of benzene rings is 1. The summed E-state index contributed by atoms with van der Waals surface area (Å²) < 4.78 is 1.67. The molecule has 0 saturated heterocycles. The quantitative estimate of drug-likeness (QED) is 0.600. The standard InChI is InChI=1S/C17H15N5OS/c1-11-7-8-13(24-11)9-18-17-20-15-14(16(23)21-17)10-19-22(15)12-5-3-2-4-6-12/h2-8,10H,9H2,1H3,(H2,18,20,21,23). The Morgan fingerprint density at radius 1 is 1.21 bits per heavy atom. The average Bonchev–Trinajstić information content (AvgIpc) is 3.20. The summed E-state index contributed by atoms with van der Waals surface area (Å²) in [6.45, 7) is 2.69. The normalized spacial score (nSPS) is 11.0. The first-order chi connectivity index (χ1) is 11.7. The van der Waals surface area contributed by atoms with Crippen molar-refractivity contribution in [3.05, 3.63) is 68.8 Å². The predicted octanol–water partition coefficient (Wildman–Crippen LogP) is 3.09. The number of rotatable bonds is 4. The van der Waals surface area contributed by atoms with Gasteiger partial charge in [0.15, 0.2) is 5.65 Å². The van der Waals surface area contributed by atoms with E-state index in [2.05, 4.69) is 39.4 Å². The lowest BCUT2D eigenvalue weighted by Gasteiger charge is -2.06. The van der Waals surface area contributed by atoms with Gasteiger partial charge in [-0.25, -0.2) is 4.68 Å². The van der Waals surface area contributed by atoms with Gasteiger partial charge in [-0.1, -0.05) is 18.2 Å². The first-order valence-corrected chi connectivity index (χ1v) is 8.35. The van der Waals surface area contributed by atoms with Crippen molar-refractivity contribution in [3.63, 3.8) is 0 Å². The Morgan fingerprint density at radius 3 is 2.79 bits per heavy atom. The summed E-state index contributed by atoms with van der Waals surface area (Å²) in [5.41, 5.74) is 1.20. The van der Waals surface area contributed by atoms with Gasteiger partial charge in [-0.15, -0.1) is 11.3 Å². The van der Waals surface area contributed by atoms with Gasteiger partial charge in [0.2, 0.25) is 5.95 Å². The van der Waals surface area contributed by atoms with Crippen molar-refractivity contribution in [1.82, 2.24) is 19.7 Å². The van der Waals surface area contributed by atoms with Crippen molar-refractivity contribution in [3.8, 4) is 5.69 Å². The Bertz CT molecular complexity index is 1050. The van der Waals surface area contributed by atoms with Crippen molar-refractivity contribution in [2.45, 2.75) is 13.5 Å². The molecule has 0 aliphatic rings. The zero-order valence-electron chi connectivity index (χ0n) is 13.0. The van der Waals surface area contributed by atoms with E-state index in [1.165, 1.54) is 9.75 Å². The van der Waals surface area contributed by atoms with Crippen LogP contribution in [0.4, 0.5) is 5.95 Å². The summed E-state index contributed by atoms with van der Waals surface area (Å²) in [7, 11) is 0. The van der Waals surface area contributed by atoms with Crippen LogP contribution in [0.3, 0.4) is 0 Å². The SMILES string of the molecule is Cc1ccc(CNc2nc3c(cnn3-c3ccccc3)c(=O)[nH]2)s1. The molecule has 120 valence electrons. The number of thiophene rings is 1. The van der Waals surface area contributed by atoms with Gasteiger partial charge in [-0.3, -0.25) is 9.78 Å². The highest BCUT2D eigenvalue weighted by molar-refractivity contribution is 7.11. The van der Waals surface area contributed by atoms with Crippen LogP contribution in [-0.4, -0.2) is 19.7 Å². The molecule has 0 spiro atoms. The lowest BCUT2D eigenvalue weighted by Crippen LogP contribution is -2.13. The number of hydrogen-bond acceptors (Lipinski definition) is 5. The number of hydrogen-bond donors (Lipinski definition) is 2. The largest absolute Gasteiger partial charge is 0.351 e. The van der Waals surface area contributed by atoms with E-state index in [1.807, 2.05) is 30.3 Å². The predicted molar refractivity (Wildman–Crippen MR) is 95.9 cm³/mol. The molecule has 4 rings (SSSR count). The molecule has 24 heavy (non-hydrogen) atoms. The number of aromatic amines is 1. The Hall–Kier alpha value is -2.93. The molecular formula is C17H15N5OS. The number of fused-ring (bicyclic) bond motifs is 1. The van der Waals surface area contributed by atoms with Crippen LogP contribution in [0.2, 0.25) is 0 Å².